The normalized spacial score (nSPS) is 20.3. The lowest BCUT2D eigenvalue weighted by atomic mass is 9.93. The second kappa shape index (κ2) is 13.4. The average molecular weight is 789 g/mol. The third-order valence-electron chi connectivity index (χ3n) is 9.37. The van der Waals surface area contributed by atoms with Crippen LogP contribution in [0.4, 0.5) is 17.1 Å². The molecule has 0 atom stereocenters. The summed E-state index contributed by atoms with van der Waals surface area (Å²) in [6.07, 6.45) is 0. The van der Waals surface area contributed by atoms with E-state index < -0.39 is 328 Å². The molecular formula is C56H36N2O. The number of rotatable bonds is 6. The molecule has 12 aromatic rings. The number of para-hydroxylation sites is 4. The number of hydrogen-bond acceptors (Lipinski definition) is 2. The number of furan rings is 1. The van der Waals surface area contributed by atoms with Gasteiger partial charge in [-0.25, -0.2) is 0 Å². The number of benzene rings is 10. The summed E-state index contributed by atoms with van der Waals surface area (Å²) in [6.45, 7) is 0. The van der Waals surface area contributed by atoms with E-state index in [1.54, 1.807) is 0 Å². The van der Waals surface area contributed by atoms with Gasteiger partial charge in [0.1, 0.15) is 11.2 Å². The minimum Gasteiger partial charge on any atom is -0.455 e. The highest BCUT2D eigenvalue weighted by Crippen LogP contribution is 2.47. The van der Waals surface area contributed by atoms with E-state index in [0.717, 1.165) is 0 Å². The van der Waals surface area contributed by atoms with Gasteiger partial charge in [0.2, 0.25) is 0 Å². The van der Waals surface area contributed by atoms with Gasteiger partial charge in [-0.1, -0.05) is 145 Å². The topological polar surface area (TPSA) is 21.3 Å². The van der Waals surface area contributed by atoms with Gasteiger partial charge in [-0.3, -0.25) is 0 Å². The quantitative estimate of drug-likeness (QED) is 0.157. The summed E-state index contributed by atoms with van der Waals surface area (Å²) in [5, 5.41) is -5.45. The molecule has 0 aliphatic heterocycles. The second-order valence-corrected chi connectivity index (χ2v) is 12.5. The maximum atomic E-state index is 10.1. The zero-order valence-electron chi connectivity index (χ0n) is 65.3. The first-order valence-electron chi connectivity index (χ1n) is 35.2. The first-order chi connectivity index (χ1) is 44.3. The van der Waals surface area contributed by atoms with E-state index in [1.807, 2.05) is 0 Å². The van der Waals surface area contributed by atoms with Crippen molar-refractivity contribution in [2.24, 2.45) is 0 Å². The second-order valence-electron chi connectivity index (χ2n) is 12.5. The zero-order valence-corrected chi connectivity index (χ0v) is 29.3. The highest BCUT2D eigenvalue weighted by Gasteiger charge is 2.23. The van der Waals surface area contributed by atoms with Gasteiger partial charge in [-0.2, -0.15) is 0 Å². The first kappa shape index (κ1) is 13.3. The molecular weight excluding hydrogens is 717 g/mol. The lowest BCUT2D eigenvalue weighted by molar-refractivity contribution is 0.670. The predicted molar refractivity (Wildman–Crippen MR) is 249 cm³/mol. The average Bonchev–Trinajstić information content (AvgIpc) is 1.70. The molecule has 2 heterocycles. The molecule has 0 bridgehead atoms. The molecule has 3 nitrogen and oxygen atoms in total. The Morgan fingerprint density at radius 3 is 1.68 bits per heavy atom. The van der Waals surface area contributed by atoms with Gasteiger partial charge >= 0.3 is 0 Å². The van der Waals surface area contributed by atoms with E-state index in [1.165, 1.54) is 0 Å². The van der Waals surface area contributed by atoms with Gasteiger partial charge in [-0.15, -0.1) is 0 Å². The molecule has 0 amide bonds. The van der Waals surface area contributed by atoms with Crippen LogP contribution in [-0.4, -0.2) is 4.57 Å². The first-order valence-corrected chi connectivity index (χ1v) is 17.2. The molecule has 276 valence electrons. The van der Waals surface area contributed by atoms with Crippen LogP contribution in [-0.2, 0) is 0 Å². The Labute approximate surface area is 391 Å². The minimum absolute atomic E-state index is 0.347. The van der Waals surface area contributed by atoms with Crippen molar-refractivity contribution in [1.82, 2.24) is 4.57 Å². The molecule has 10 aromatic carbocycles. The summed E-state index contributed by atoms with van der Waals surface area (Å²) in [5.41, 5.74) is -11.4. The summed E-state index contributed by atoms with van der Waals surface area (Å²) in [7, 11) is 0. The predicted octanol–water partition coefficient (Wildman–Crippen LogP) is 15.8. The van der Waals surface area contributed by atoms with Crippen LogP contribution in [0.2, 0.25) is 0 Å². The molecule has 3 heteroatoms. The fraction of sp³-hybridized carbons (Fsp3) is 0. The van der Waals surface area contributed by atoms with Crippen LogP contribution in [0, 0.1) is 0 Å². The summed E-state index contributed by atoms with van der Waals surface area (Å²) >= 11 is 0. The van der Waals surface area contributed by atoms with Gasteiger partial charge in [0.25, 0.3) is 0 Å². The number of hydrogen-bond donors (Lipinski definition) is 0. The van der Waals surface area contributed by atoms with Gasteiger partial charge in [0.15, 0.2) is 0 Å². The molecule has 0 saturated carbocycles. The van der Waals surface area contributed by atoms with Gasteiger partial charge < -0.3 is 13.9 Å². The molecule has 0 N–H and O–H groups in total. The summed E-state index contributed by atoms with van der Waals surface area (Å²) in [5.74, 6) is 0. The van der Waals surface area contributed by atoms with E-state index in [9.17, 15) is 19.2 Å². The molecule has 0 spiro atoms. The van der Waals surface area contributed by atoms with Crippen LogP contribution in [0.25, 0.3) is 93.2 Å². The van der Waals surface area contributed by atoms with E-state index in [2.05, 4.69) is 0 Å². The van der Waals surface area contributed by atoms with Crippen molar-refractivity contribution >= 4 is 82.4 Å². The highest BCUT2D eigenvalue weighted by atomic mass is 16.3. The van der Waals surface area contributed by atoms with E-state index >= 15 is 0 Å². The lowest BCUT2D eigenvalue weighted by Crippen LogP contribution is -2.10. The fourth-order valence-corrected chi connectivity index (χ4v) is 6.88. The van der Waals surface area contributed by atoms with Crippen LogP contribution in [0.5, 0.6) is 0 Å². The van der Waals surface area contributed by atoms with Crippen LogP contribution >= 0.6 is 0 Å². The van der Waals surface area contributed by atoms with E-state index in [0.29, 0.717) is 9.47 Å². The molecule has 59 heavy (non-hydrogen) atoms. The van der Waals surface area contributed by atoms with Crippen molar-refractivity contribution in [3.05, 3.63) is 218 Å². The van der Waals surface area contributed by atoms with Gasteiger partial charge in [0, 0.05) is 38.8 Å². The smallest absolute Gasteiger partial charge is 0.145 e. The molecule has 12 rings (SSSR count). The zero-order chi connectivity index (χ0) is 70.2. The number of aromatic nitrogens is 1. The fourth-order valence-electron chi connectivity index (χ4n) is 6.88. The Bertz CT molecular complexity index is 5530. The molecule has 0 radical (unpaired) electrons. The Morgan fingerprint density at radius 1 is 0.407 bits per heavy atom. The van der Waals surface area contributed by atoms with Crippen LogP contribution in [0.3, 0.4) is 0 Å². The number of nitrogens with zero attached hydrogens (tertiary/aromatic N) is 2. The number of fused-ring (bicyclic) bond motifs is 9. The molecule has 0 aliphatic carbocycles. The van der Waals surface area contributed by atoms with Gasteiger partial charge in [-0.05, 0) is 111 Å². The molecule has 0 fully saturated rings. The van der Waals surface area contributed by atoms with Crippen LogP contribution in [0.1, 0.15) is 49.3 Å². The maximum absolute atomic E-state index is 10.1. The molecule has 0 saturated heterocycles. The Kier molecular flexibility index (Phi) is 3.02. The third-order valence-corrected chi connectivity index (χ3v) is 9.37. The van der Waals surface area contributed by atoms with Gasteiger partial charge in [0.05, 0.1) is 71.5 Å². The van der Waals surface area contributed by atoms with E-state index in [4.69, 9.17) is 34.6 Å². The monoisotopic (exact) mass is 789 g/mol. The Balaban J connectivity index is 1.26. The highest BCUT2D eigenvalue weighted by molar-refractivity contribution is 6.18. The van der Waals surface area contributed by atoms with Crippen molar-refractivity contribution in [1.29, 1.82) is 0 Å². The Morgan fingerprint density at radius 2 is 0.949 bits per heavy atom. The summed E-state index contributed by atoms with van der Waals surface area (Å²) < 4.78 is 335. The number of anilines is 3. The van der Waals surface area contributed by atoms with Crippen molar-refractivity contribution in [3.8, 4) is 27.9 Å². The lowest BCUT2D eigenvalue weighted by Gasteiger charge is -2.27. The molecule has 0 aliphatic rings. The molecule has 0 unspecified atom stereocenters. The Hall–Kier alpha value is -7.88. The van der Waals surface area contributed by atoms with Crippen molar-refractivity contribution in [2.75, 3.05) is 4.90 Å². The van der Waals surface area contributed by atoms with Crippen molar-refractivity contribution < 1.29 is 53.8 Å². The SMILES string of the molecule is [2H]c1c([2H])c([2H])c(N(c2c([2H])c([2H])c(-c3c([2H])c4c([2H])c([2H])c([2H])c([2H])c4c4c([2H])c([2H])c([2H])c([2H])c34)c([2H])c2[2H])c2c([2H])c([2H])c(-c3c([2H])c([2H])c(-n4c5c([2H])c([2H])c([2H])c([2H])c5c5c([2H])c([2H])c([2H])c([2H])c54)c([2H])c3[2H])c3oc4c([2H])c([2H])c([2H])c([2H])c4c23)c([2H])c1[2H]. The summed E-state index contributed by atoms with van der Waals surface area (Å²) in [4.78, 5) is 0.347. The van der Waals surface area contributed by atoms with Crippen molar-refractivity contribution in [3.63, 3.8) is 0 Å². The largest absolute Gasteiger partial charge is 0.455 e. The maximum Gasteiger partial charge on any atom is 0.145 e. The van der Waals surface area contributed by atoms with Crippen LogP contribution < -0.4 is 4.90 Å². The summed E-state index contributed by atoms with van der Waals surface area (Å²) in [6, 6.07) is -38.2. The standard InChI is InChI=1S/C56H36N2O/c1-2-15-40(16-3-1)57(41-30-28-38(29-31-41)50-36-39-14-4-5-17-43(39)45-18-6-7-19-46(45)50)53-35-34-44(56-55(53)49-22-10-13-25-54(49)59-56)37-26-32-42(33-27-37)58-51-23-11-8-20-47(51)48-21-9-12-24-52(48)58/h1-36H/i1D,2D,3D,4D,5D,6D,7D,8D,9D,10D,11D,12D,13D,14D,15D,16D,17D,18D,19D,20D,21D,22D,23D,24D,25D,26D,27D,28D,29D,30D,31D,32D,33D,34D,35D,36D. The van der Waals surface area contributed by atoms with E-state index in [-0.39, 0.29) is 0 Å². The van der Waals surface area contributed by atoms with Crippen LogP contribution in [0.15, 0.2) is 222 Å². The molecule has 2 aromatic heterocycles. The third kappa shape index (κ3) is 5.29. The van der Waals surface area contributed by atoms with Crippen molar-refractivity contribution in [2.45, 2.75) is 0 Å². The minimum atomic E-state index is -1.36.